The van der Waals surface area contributed by atoms with Crippen LogP contribution < -0.4 is 0 Å². The Labute approximate surface area is 47.9 Å². The summed E-state index contributed by atoms with van der Waals surface area (Å²) in [5, 5.41) is 7.97. The SMILES string of the molecule is CCC(=O)C=CO.O. The van der Waals surface area contributed by atoms with Gasteiger partial charge in [0, 0.05) is 12.5 Å². The van der Waals surface area contributed by atoms with Crippen molar-refractivity contribution < 1.29 is 15.4 Å². The molecule has 0 atom stereocenters. The van der Waals surface area contributed by atoms with E-state index in [2.05, 4.69) is 0 Å². The fourth-order valence-corrected chi connectivity index (χ4v) is 0.201. The second kappa shape index (κ2) is 6.17. The first kappa shape index (κ1) is 10.2. The first-order valence-electron chi connectivity index (χ1n) is 2.14. The fourth-order valence-electron chi connectivity index (χ4n) is 0.201. The van der Waals surface area contributed by atoms with E-state index in [1.54, 1.807) is 6.92 Å². The summed E-state index contributed by atoms with van der Waals surface area (Å²) in [6.45, 7) is 1.74. The zero-order chi connectivity index (χ0) is 5.70. The summed E-state index contributed by atoms with van der Waals surface area (Å²) >= 11 is 0. The minimum atomic E-state index is -0.0532. The molecule has 0 aromatic carbocycles. The summed E-state index contributed by atoms with van der Waals surface area (Å²) in [7, 11) is 0. The van der Waals surface area contributed by atoms with Crippen molar-refractivity contribution in [3.8, 4) is 0 Å². The Morgan fingerprint density at radius 1 is 1.75 bits per heavy atom. The van der Waals surface area contributed by atoms with Crippen molar-refractivity contribution in [2.75, 3.05) is 0 Å². The Morgan fingerprint density at radius 2 is 2.25 bits per heavy atom. The van der Waals surface area contributed by atoms with Gasteiger partial charge in [-0.25, -0.2) is 0 Å². The number of hydrogen-bond acceptors (Lipinski definition) is 2. The van der Waals surface area contributed by atoms with Crippen molar-refractivity contribution in [3.63, 3.8) is 0 Å². The summed E-state index contributed by atoms with van der Waals surface area (Å²) in [6, 6.07) is 0. The molecule has 0 aromatic heterocycles. The van der Waals surface area contributed by atoms with Crippen LogP contribution in [0.5, 0.6) is 0 Å². The molecule has 0 heterocycles. The van der Waals surface area contributed by atoms with Gasteiger partial charge in [0.2, 0.25) is 0 Å². The van der Waals surface area contributed by atoms with E-state index in [1.165, 1.54) is 0 Å². The molecule has 0 bridgehead atoms. The molecule has 0 rings (SSSR count). The van der Waals surface area contributed by atoms with Gasteiger partial charge in [0.25, 0.3) is 0 Å². The molecule has 3 nitrogen and oxygen atoms in total. The van der Waals surface area contributed by atoms with Crippen LogP contribution >= 0.6 is 0 Å². The Kier molecular flexibility index (Phi) is 7.88. The van der Waals surface area contributed by atoms with Gasteiger partial charge in [0.05, 0.1) is 6.26 Å². The van der Waals surface area contributed by atoms with Crippen molar-refractivity contribution in [1.82, 2.24) is 0 Å². The van der Waals surface area contributed by atoms with Gasteiger partial charge in [0.15, 0.2) is 5.78 Å². The number of carbonyl (C=O) groups excluding carboxylic acids is 1. The summed E-state index contributed by atoms with van der Waals surface area (Å²) in [5.74, 6) is -0.0532. The zero-order valence-corrected chi connectivity index (χ0v) is 4.72. The number of carbonyl (C=O) groups is 1. The van der Waals surface area contributed by atoms with Gasteiger partial charge < -0.3 is 10.6 Å². The molecule has 0 spiro atoms. The van der Waals surface area contributed by atoms with Crippen LogP contribution in [0.2, 0.25) is 0 Å². The molecule has 0 saturated carbocycles. The lowest BCUT2D eigenvalue weighted by molar-refractivity contribution is -0.114. The Hall–Kier alpha value is -0.830. The van der Waals surface area contributed by atoms with Crippen LogP contribution in [0.1, 0.15) is 13.3 Å². The van der Waals surface area contributed by atoms with Gasteiger partial charge in [-0.15, -0.1) is 0 Å². The van der Waals surface area contributed by atoms with E-state index in [0.717, 1.165) is 12.3 Å². The number of ketones is 1. The van der Waals surface area contributed by atoms with Gasteiger partial charge in [-0.3, -0.25) is 4.79 Å². The zero-order valence-electron chi connectivity index (χ0n) is 4.72. The molecule has 0 aliphatic carbocycles. The third kappa shape index (κ3) is 5.17. The predicted molar refractivity (Wildman–Crippen MR) is 30.7 cm³/mol. The minimum Gasteiger partial charge on any atom is -0.515 e. The van der Waals surface area contributed by atoms with Crippen LogP contribution in [0.15, 0.2) is 12.3 Å². The van der Waals surface area contributed by atoms with Gasteiger partial charge in [-0.2, -0.15) is 0 Å². The normalized spacial score (nSPS) is 8.62. The number of allylic oxidation sites excluding steroid dienone is 1. The largest absolute Gasteiger partial charge is 0.515 e. The van der Waals surface area contributed by atoms with Crippen LogP contribution in [0, 0.1) is 0 Å². The molecule has 0 aliphatic rings. The minimum absolute atomic E-state index is 0. The van der Waals surface area contributed by atoms with Crippen molar-refractivity contribution in [1.29, 1.82) is 0 Å². The predicted octanol–water partition coefficient (Wildman–Crippen LogP) is 0.213. The highest BCUT2D eigenvalue weighted by atomic mass is 16.2. The average Bonchev–Trinajstić information content (AvgIpc) is 1.68. The molecule has 0 aromatic rings. The van der Waals surface area contributed by atoms with E-state index in [-0.39, 0.29) is 11.3 Å². The van der Waals surface area contributed by atoms with Crippen LogP contribution in [0.3, 0.4) is 0 Å². The lowest BCUT2D eigenvalue weighted by Gasteiger charge is -1.77. The fraction of sp³-hybridized carbons (Fsp3) is 0.400. The van der Waals surface area contributed by atoms with E-state index in [9.17, 15) is 4.79 Å². The Bertz CT molecular complexity index is 85.7. The molecule has 0 radical (unpaired) electrons. The smallest absolute Gasteiger partial charge is 0.158 e. The molecule has 3 heteroatoms. The maximum Gasteiger partial charge on any atom is 0.158 e. The standard InChI is InChI=1S/C5H8O2.H2O/c1-2-5(7)3-4-6;/h3-4,6H,2H2,1H3;1H2. The molecule has 48 valence electrons. The summed E-state index contributed by atoms with van der Waals surface area (Å²) in [5.41, 5.74) is 0. The first-order chi connectivity index (χ1) is 3.31. The Balaban J connectivity index is 0. The van der Waals surface area contributed by atoms with Gasteiger partial charge >= 0.3 is 0 Å². The average molecular weight is 118 g/mol. The molecular formula is C5H10O3. The first-order valence-corrected chi connectivity index (χ1v) is 2.14. The molecule has 0 unspecified atom stereocenters. The molecular weight excluding hydrogens is 108 g/mol. The second-order valence-electron chi connectivity index (χ2n) is 1.14. The van der Waals surface area contributed by atoms with Crippen molar-refractivity contribution in [2.45, 2.75) is 13.3 Å². The molecule has 0 amide bonds. The lowest BCUT2D eigenvalue weighted by atomic mass is 10.3. The van der Waals surface area contributed by atoms with Crippen LogP contribution in [-0.2, 0) is 4.79 Å². The van der Waals surface area contributed by atoms with Crippen molar-refractivity contribution in [3.05, 3.63) is 12.3 Å². The van der Waals surface area contributed by atoms with Gasteiger partial charge in [-0.1, -0.05) is 6.92 Å². The molecule has 3 N–H and O–H groups in total. The molecule has 0 aliphatic heterocycles. The maximum absolute atomic E-state index is 10.2. The van der Waals surface area contributed by atoms with Crippen LogP contribution in [0.4, 0.5) is 0 Å². The number of aliphatic hydroxyl groups excluding tert-OH is 1. The van der Waals surface area contributed by atoms with Crippen molar-refractivity contribution >= 4 is 5.78 Å². The molecule has 8 heavy (non-hydrogen) atoms. The summed E-state index contributed by atoms with van der Waals surface area (Å²) < 4.78 is 0. The third-order valence-electron chi connectivity index (χ3n) is 0.609. The quantitative estimate of drug-likeness (QED) is 0.416. The van der Waals surface area contributed by atoms with Gasteiger partial charge in [0.1, 0.15) is 0 Å². The van der Waals surface area contributed by atoms with Crippen LogP contribution in [0.25, 0.3) is 0 Å². The lowest BCUT2D eigenvalue weighted by Crippen LogP contribution is -1.85. The van der Waals surface area contributed by atoms with Crippen molar-refractivity contribution in [2.24, 2.45) is 0 Å². The van der Waals surface area contributed by atoms with E-state index < -0.39 is 0 Å². The van der Waals surface area contributed by atoms with E-state index in [1.807, 2.05) is 0 Å². The highest BCUT2D eigenvalue weighted by Gasteiger charge is 1.85. The van der Waals surface area contributed by atoms with Crippen LogP contribution in [-0.4, -0.2) is 16.4 Å². The molecule has 0 fully saturated rings. The topological polar surface area (TPSA) is 68.8 Å². The van der Waals surface area contributed by atoms with Gasteiger partial charge in [-0.05, 0) is 0 Å². The number of aliphatic hydroxyl groups is 1. The second-order valence-corrected chi connectivity index (χ2v) is 1.14. The summed E-state index contributed by atoms with van der Waals surface area (Å²) in [6.07, 6.45) is 2.35. The number of rotatable bonds is 2. The summed E-state index contributed by atoms with van der Waals surface area (Å²) in [4.78, 5) is 10.2. The maximum atomic E-state index is 10.2. The highest BCUT2D eigenvalue weighted by molar-refractivity contribution is 5.88. The number of hydrogen-bond donors (Lipinski definition) is 1. The molecule has 0 saturated heterocycles. The van der Waals surface area contributed by atoms with E-state index in [4.69, 9.17) is 5.11 Å². The van der Waals surface area contributed by atoms with E-state index in [0.29, 0.717) is 6.42 Å². The Morgan fingerprint density at radius 3 is 2.38 bits per heavy atom. The van der Waals surface area contributed by atoms with E-state index >= 15 is 0 Å². The third-order valence-corrected chi connectivity index (χ3v) is 0.609. The highest BCUT2D eigenvalue weighted by Crippen LogP contribution is 1.79. The monoisotopic (exact) mass is 118 g/mol.